The Kier molecular flexibility index (Phi) is 7.36. The van der Waals surface area contributed by atoms with Gasteiger partial charge in [0.1, 0.15) is 6.04 Å². The largest absolute Gasteiger partial charge is 0.383 e. The van der Waals surface area contributed by atoms with Crippen molar-refractivity contribution in [1.82, 2.24) is 10.2 Å². The third-order valence-corrected chi connectivity index (χ3v) is 4.46. The number of primary amides is 1. The molecule has 7 heteroatoms. The summed E-state index contributed by atoms with van der Waals surface area (Å²) in [6.07, 6.45) is 1.86. The van der Waals surface area contributed by atoms with Gasteiger partial charge in [0, 0.05) is 26.7 Å². The highest BCUT2D eigenvalue weighted by Gasteiger charge is 2.23. The fourth-order valence-corrected chi connectivity index (χ4v) is 3.10. The summed E-state index contributed by atoms with van der Waals surface area (Å²) in [6, 6.07) is 7.40. The van der Waals surface area contributed by atoms with Crippen LogP contribution in [0.1, 0.15) is 24.0 Å². The molecule has 138 valence electrons. The number of nitrogens with two attached hydrogens (primary N) is 2. The van der Waals surface area contributed by atoms with E-state index < -0.39 is 6.04 Å². The normalized spacial score (nSPS) is 19.4. The molecule has 0 aliphatic carbocycles. The number of hydrogen-bond donors (Lipinski definition) is 3. The molecule has 0 saturated carbocycles. The van der Waals surface area contributed by atoms with E-state index in [-0.39, 0.29) is 24.3 Å². The number of nitrogens with one attached hydrogen (secondary N) is 1. The average molecular weight is 348 g/mol. The van der Waals surface area contributed by atoms with Gasteiger partial charge in [-0.15, -0.1) is 0 Å². The summed E-state index contributed by atoms with van der Waals surface area (Å²) in [4.78, 5) is 25.5. The first kappa shape index (κ1) is 19.4. The predicted octanol–water partition coefficient (Wildman–Crippen LogP) is -0.0262. The Labute approximate surface area is 148 Å². The van der Waals surface area contributed by atoms with Gasteiger partial charge in [-0.2, -0.15) is 0 Å². The van der Waals surface area contributed by atoms with Crippen molar-refractivity contribution in [3.05, 3.63) is 35.4 Å². The van der Waals surface area contributed by atoms with Crippen molar-refractivity contribution in [1.29, 1.82) is 0 Å². The Morgan fingerprint density at radius 1 is 1.40 bits per heavy atom. The first-order chi connectivity index (χ1) is 12.0. The Hall–Kier alpha value is -1.96. The fraction of sp³-hybridized carbons (Fsp3) is 0.556. The standard InChI is InChI=1S/C18H28N4O3/c1-25-12-16(19)18(24)21-9-13-4-2-5-14(8-13)10-22-7-3-6-15(11-22)17(20)23/h2,4-5,8,15-16H,3,6-7,9-12,19H2,1H3,(H2,20,23)(H,21,24). The van der Waals surface area contributed by atoms with Crippen LogP contribution >= 0.6 is 0 Å². The van der Waals surface area contributed by atoms with Gasteiger partial charge in [-0.3, -0.25) is 14.5 Å². The molecule has 0 aromatic heterocycles. The molecule has 1 aromatic rings. The van der Waals surface area contributed by atoms with Crippen LogP contribution in [0.4, 0.5) is 0 Å². The lowest BCUT2D eigenvalue weighted by Crippen LogP contribution is -2.43. The molecule has 5 N–H and O–H groups in total. The molecule has 1 aliphatic rings. The third kappa shape index (κ3) is 6.12. The van der Waals surface area contributed by atoms with E-state index in [9.17, 15) is 9.59 Å². The van der Waals surface area contributed by atoms with Gasteiger partial charge >= 0.3 is 0 Å². The molecule has 0 radical (unpaired) electrons. The minimum Gasteiger partial charge on any atom is -0.383 e. The van der Waals surface area contributed by atoms with Crippen LogP contribution in [0.25, 0.3) is 0 Å². The Balaban J connectivity index is 1.88. The zero-order chi connectivity index (χ0) is 18.2. The zero-order valence-electron chi connectivity index (χ0n) is 14.7. The lowest BCUT2D eigenvalue weighted by atomic mass is 9.97. The van der Waals surface area contributed by atoms with Crippen LogP contribution in [0, 0.1) is 5.92 Å². The zero-order valence-corrected chi connectivity index (χ0v) is 14.7. The number of rotatable bonds is 8. The predicted molar refractivity (Wildman–Crippen MR) is 95.3 cm³/mol. The highest BCUT2D eigenvalue weighted by Crippen LogP contribution is 2.18. The highest BCUT2D eigenvalue weighted by molar-refractivity contribution is 5.81. The summed E-state index contributed by atoms with van der Waals surface area (Å²) in [5, 5.41) is 2.82. The SMILES string of the molecule is COCC(N)C(=O)NCc1cccc(CN2CCCC(C(N)=O)C2)c1. The summed E-state index contributed by atoms with van der Waals surface area (Å²) in [7, 11) is 1.51. The van der Waals surface area contributed by atoms with Gasteiger partial charge in [-0.25, -0.2) is 0 Å². The van der Waals surface area contributed by atoms with Crippen molar-refractivity contribution in [2.45, 2.75) is 32.0 Å². The number of carbonyl (C=O) groups excluding carboxylic acids is 2. The molecular weight excluding hydrogens is 320 g/mol. The maximum absolute atomic E-state index is 11.8. The number of ether oxygens (including phenoxy) is 1. The maximum Gasteiger partial charge on any atom is 0.239 e. The van der Waals surface area contributed by atoms with Gasteiger partial charge in [0.2, 0.25) is 11.8 Å². The molecule has 1 aliphatic heterocycles. The van der Waals surface area contributed by atoms with E-state index in [4.69, 9.17) is 16.2 Å². The topological polar surface area (TPSA) is 111 Å². The van der Waals surface area contributed by atoms with Crippen molar-refractivity contribution < 1.29 is 14.3 Å². The van der Waals surface area contributed by atoms with Crippen LogP contribution in [0.2, 0.25) is 0 Å². The van der Waals surface area contributed by atoms with Crippen molar-refractivity contribution in [2.24, 2.45) is 17.4 Å². The average Bonchev–Trinajstić information content (AvgIpc) is 2.60. The second kappa shape index (κ2) is 9.50. The minimum atomic E-state index is -0.660. The number of amides is 2. The molecule has 1 fully saturated rings. The second-order valence-electron chi connectivity index (χ2n) is 6.58. The molecule has 0 spiro atoms. The first-order valence-corrected chi connectivity index (χ1v) is 8.61. The van der Waals surface area contributed by atoms with Gasteiger partial charge < -0.3 is 21.5 Å². The Morgan fingerprint density at radius 3 is 2.88 bits per heavy atom. The van der Waals surface area contributed by atoms with Crippen molar-refractivity contribution >= 4 is 11.8 Å². The smallest absolute Gasteiger partial charge is 0.239 e. The third-order valence-electron chi connectivity index (χ3n) is 4.46. The summed E-state index contributed by atoms with van der Waals surface area (Å²) >= 11 is 0. The number of nitrogens with zero attached hydrogens (tertiary/aromatic N) is 1. The summed E-state index contributed by atoms with van der Waals surface area (Å²) in [6.45, 7) is 3.07. The number of carbonyl (C=O) groups is 2. The number of methoxy groups -OCH3 is 1. The van der Waals surface area contributed by atoms with Gasteiger partial charge in [0.05, 0.1) is 12.5 Å². The highest BCUT2D eigenvalue weighted by atomic mass is 16.5. The molecule has 2 rings (SSSR count). The van der Waals surface area contributed by atoms with Crippen LogP contribution in [0.3, 0.4) is 0 Å². The fourth-order valence-electron chi connectivity index (χ4n) is 3.10. The monoisotopic (exact) mass is 348 g/mol. The molecule has 2 unspecified atom stereocenters. The lowest BCUT2D eigenvalue weighted by molar-refractivity contribution is -0.124. The Bertz CT molecular complexity index is 593. The summed E-state index contributed by atoms with van der Waals surface area (Å²) in [5.41, 5.74) is 13.3. The van der Waals surface area contributed by atoms with Gasteiger partial charge in [-0.05, 0) is 30.5 Å². The molecule has 2 amide bonds. The minimum absolute atomic E-state index is 0.0570. The lowest BCUT2D eigenvalue weighted by Gasteiger charge is -2.31. The van der Waals surface area contributed by atoms with Crippen molar-refractivity contribution in [3.63, 3.8) is 0 Å². The van der Waals surface area contributed by atoms with Crippen molar-refractivity contribution in [3.8, 4) is 0 Å². The molecule has 7 nitrogen and oxygen atoms in total. The quantitative estimate of drug-likeness (QED) is 0.611. The Morgan fingerprint density at radius 2 is 2.16 bits per heavy atom. The molecule has 0 bridgehead atoms. The van der Waals surface area contributed by atoms with Crippen molar-refractivity contribution in [2.75, 3.05) is 26.8 Å². The maximum atomic E-state index is 11.8. The van der Waals surface area contributed by atoms with E-state index in [0.717, 1.165) is 37.1 Å². The number of likely N-dealkylation sites (tertiary alicyclic amines) is 1. The first-order valence-electron chi connectivity index (χ1n) is 8.61. The van der Waals surface area contributed by atoms with Crippen LogP contribution < -0.4 is 16.8 Å². The van der Waals surface area contributed by atoms with Crippen LogP contribution in [0.5, 0.6) is 0 Å². The summed E-state index contributed by atoms with van der Waals surface area (Å²) in [5.74, 6) is -0.500. The van der Waals surface area contributed by atoms with E-state index in [0.29, 0.717) is 13.1 Å². The van der Waals surface area contributed by atoms with E-state index in [1.165, 1.54) is 7.11 Å². The van der Waals surface area contributed by atoms with Crippen LogP contribution in [-0.4, -0.2) is 49.6 Å². The molecular formula is C18H28N4O3. The van der Waals surface area contributed by atoms with E-state index in [2.05, 4.69) is 22.3 Å². The number of benzene rings is 1. The van der Waals surface area contributed by atoms with E-state index in [1.807, 2.05) is 12.1 Å². The van der Waals surface area contributed by atoms with Gasteiger partial charge in [0.25, 0.3) is 0 Å². The second-order valence-corrected chi connectivity index (χ2v) is 6.58. The van der Waals surface area contributed by atoms with Gasteiger partial charge in [-0.1, -0.05) is 24.3 Å². The molecule has 1 aromatic carbocycles. The molecule has 2 atom stereocenters. The summed E-state index contributed by atoms with van der Waals surface area (Å²) < 4.78 is 4.88. The number of piperidine rings is 1. The molecule has 1 heterocycles. The molecule has 1 saturated heterocycles. The van der Waals surface area contributed by atoms with E-state index >= 15 is 0 Å². The van der Waals surface area contributed by atoms with Crippen LogP contribution in [0.15, 0.2) is 24.3 Å². The van der Waals surface area contributed by atoms with Gasteiger partial charge in [0.15, 0.2) is 0 Å². The van der Waals surface area contributed by atoms with Crippen LogP contribution in [-0.2, 0) is 27.4 Å². The molecule has 25 heavy (non-hydrogen) atoms. The van der Waals surface area contributed by atoms with E-state index in [1.54, 1.807) is 0 Å². The number of hydrogen-bond acceptors (Lipinski definition) is 5.